The third-order valence-corrected chi connectivity index (χ3v) is 6.36. The zero-order chi connectivity index (χ0) is 18.3. The normalized spacial score (nSPS) is 19.6. The number of nitrogens with zero attached hydrogens (tertiary/aromatic N) is 2. The summed E-state index contributed by atoms with van der Waals surface area (Å²) in [6.07, 6.45) is 0. The largest absolute Gasteiger partial charge is 0.343 e. The number of fused-ring (bicyclic) bond motifs is 9. The third kappa shape index (κ3) is 1.45. The van der Waals surface area contributed by atoms with E-state index >= 15 is 0 Å². The third-order valence-electron chi connectivity index (χ3n) is 6.36. The lowest BCUT2D eigenvalue weighted by Gasteiger charge is -2.26. The van der Waals surface area contributed by atoms with Gasteiger partial charge in [-0.25, -0.2) is 0 Å². The number of likely N-dealkylation sites (N-methyl/N-ethyl adjacent to an activating group) is 1. The first-order valence-electron chi connectivity index (χ1n) is 9.23. The van der Waals surface area contributed by atoms with Crippen LogP contribution in [0.25, 0.3) is 22.2 Å². The van der Waals surface area contributed by atoms with Crippen LogP contribution in [-0.2, 0) is 17.3 Å². The van der Waals surface area contributed by atoms with Crippen molar-refractivity contribution < 1.29 is 4.79 Å². The Morgan fingerprint density at radius 2 is 1.44 bits per heavy atom. The zero-order valence-electron chi connectivity index (χ0n) is 15.2. The van der Waals surface area contributed by atoms with Gasteiger partial charge >= 0.3 is 0 Å². The zero-order valence-corrected chi connectivity index (χ0v) is 15.2. The van der Waals surface area contributed by atoms with Gasteiger partial charge in [0.15, 0.2) is 0 Å². The molecule has 130 valence electrons. The van der Waals surface area contributed by atoms with E-state index < -0.39 is 5.41 Å². The number of carbonyl (C=O) groups excluding carboxylic acids is 1. The smallest absolute Gasteiger partial charge is 0.246 e. The van der Waals surface area contributed by atoms with Crippen LogP contribution in [0.15, 0.2) is 72.8 Å². The van der Waals surface area contributed by atoms with Gasteiger partial charge in [-0.3, -0.25) is 4.79 Å². The molecule has 1 unspecified atom stereocenters. The van der Waals surface area contributed by atoms with Gasteiger partial charge in [0, 0.05) is 47.4 Å². The molecule has 1 aliphatic carbocycles. The Hall–Kier alpha value is -3.33. The predicted octanol–water partition coefficient (Wildman–Crippen LogP) is 4.47. The van der Waals surface area contributed by atoms with Crippen molar-refractivity contribution >= 4 is 22.5 Å². The van der Waals surface area contributed by atoms with Crippen molar-refractivity contribution in [2.24, 2.45) is 7.05 Å². The maximum atomic E-state index is 13.9. The van der Waals surface area contributed by atoms with Gasteiger partial charge in [-0.2, -0.15) is 0 Å². The highest BCUT2D eigenvalue weighted by Gasteiger charge is 2.58. The van der Waals surface area contributed by atoms with E-state index in [0.717, 1.165) is 44.5 Å². The molecule has 2 heterocycles. The highest BCUT2D eigenvalue weighted by Crippen LogP contribution is 2.60. The monoisotopic (exact) mass is 350 g/mol. The molecule has 4 aromatic rings. The molecule has 1 aromatic heterocycles. The van der Waals surface area contributed by atoms with Crippen molar-refractivity contribution in [2.45, 2.75) is 5.41 Å². The maximum absolute atomic E-state index is 13.9. The molecular formula is C24H18N2O. The van der Waals surface area contributed by atoms with Gasteiger partial charge in [-0.05, 0) is 17.7 Å². The van der Waals surface area contributed by atoms with E-state index in [2.05, 4.69) is 60.1 Å². The summed E-state index contributed by atoms with van der Waals surface area (Å²) in [4.78, 5) is 15.7. The molecule has 1 aliphatic heterocycles. The van der Waals surface area contributed by atoms with Gasteiger partial charge < -0.3 is 9.47 Å². The molecular weight excluding hydrogens is 332 g/mol. The van der Waals surface area contributed by atoms with Gasteiger partial charge in [-0.15, -0.1) is 0 Å². The van der Waals surface area contributed by atoms with E-state index in [1.807, 2.05) is 36.2 Å². The summed E-state index contributed by atoms with van der Waals surface area (Å²) < 4.78 is 2.24. The molecule has 0 bridgehead atoms. The predicted molar refractivity (Wildman–Crippen MR) is 108 cm³/mol. The molecule has 27 heavy (non-hydrogen) atoms. The van der Waals surface area contributed by atoms with Crippen LogP contribution >= 0.6 is 0 Å². The van der Waals surface area contributed by atoms with Crippen LogP contribution in [0.1, 0.15) is 16.7 Å². The maximum Gasteiger partial charge on any atom is 0.246 e. The molecule has 0 radical (unpaired) electrons. The summed E-state index contributed by atoms with van der Waals surface area (Å²) in [5.74, 6) is 0.131. The average Bonchev–Trinajstić information content (AvgIpc) is 3.27. The minimum atomic E-state index is -0.766. The molecule has 3 heteroatoms. The number of aromatic nitrogens is 1. The van der Waals surface area contributed by atoms with Crippen LogP contribution in [0.5, 0.6) is 0 Å². The molecule has 0 fully saturated rings. The van der Waals surface area contributed by atoms with E-state index in [1.165, 1.54) is 0 Å². The van der Waals surface area contributed by atoms with Gasteiger partial charge in [0.2, 0.25) is 5.91 Å². The van der Waals surface area contributed by atoms with Crippen molar-refractivity contribution in [3.8, 4) is 11.3 Å². The first-order valence-corrected chi connectivity index (χ1v) is 9.23. The van der Waals surface area contributed by atoms with E-state index in [9.17, 15) is 4.79 Å². The fourth-order valence-electron chi connectivity index (χ4n) is 5.30. The summed E-state index contributed by atoms with van der Waals surface area (Å²) in [5.41, 5.74) is 7.02. The minimum absolute atomic E-state index is 0.131. The molecule has 1 atom stereocenters. The summed E-state index contributed by atoms with van der Waals surface area (Å²) in [6.45, 7) is 0. The second kappa shape index (κ2) is 4.68. The Balaban J connectivity index is 1.90. The molecule has 6 rings (SSSR count). The Bertz CT molecular complexity index is 1280. The van der Waals surface area contributed by atoms with Crippen LogP contribution in [0, 0.1) is 0 Å². The van der Waals surface area contributed by atoms with Crippen LogP contribution in [-0.4, -0.2) is 17.5 Å². The standard InChI is InChI=1S/C24H18N2O/c1-25-19-13-7-4-10-16(19)21-22(25)15-9-3-5-11-17(15)24(21)18-12-6-8-14-20(18)26(2)23(24)27/h3-14H,1-2H3. The van der Waals surface area contributed by atoms with Crippen molar-refractivity contribution in [3.63, 3.8) is 0 Å². The number of hydrogen-bond donors (Lipinski definition) is 0. The Labute approximate surface area is 157 Å². The topological polar surface area (TPSA) is 25.2 Å². The lowest BCUT2D eigenvalue weighted by molar-refractivity contribution is -0.120. The number of aryl methyl sites for hydroxylation is 1. The van der Waals surface area contributed by atoms with Gasteiger partial charge in [-0.1, -0.05) is 60.7 Å². The summed E-state index contributed by atoms with van der Waals surface area (Å²) in [7, 11) is 3.99. The van der Waals surface area contributed by atoms with E-state index in [0.29, 0.717) is 0 Å². The number of hydrogen-bond acceptors (Lipinski definition) is 1. The molecule has 1 amide bonds. The second-order valence-electron chi connectivity index (χ2n) is 7.48. The van der Waals surface area contributed by atoms with Crippen molar-refractivity contribution in [1.82, 2.24) is 4.57 Å². The Kier molecular flexibility index (Phi) is 2.57. The van der Waals surface area contributed by atoms with Gasteiger partial charge in [0.05, 0.1) is 5.69 Å². The second-order valence-corrected chi connectivity index (χ2v) is 7.48. The summed E-state index contributed by atoms with van der Waals surface area (Å²) in [5, 5.41) is 1.16. The van der Waals surface area contributed by atoms with Gasteiger partial charge in [0.1, 0.15) is 5.41 Å². The average molecular weight is 350 g/mol. The number of carbonyl (C=O) groups is 1. The highest BCUT2D eigenvalue weighted by atomic mass is 16.2. The SMILES string of the molecule is CN1C(=O)C2(c3ccccc3-c3c2c2ccccc2n3C)c2ccccc21. The molecule has 0 saturated heterocycles. The number of anilines is 1. The molecule has 3 nitrogen and oxygen atoms in total. The fourth-order valence-corrected chi connectivity index (χ4v) is 5.30. The van der Waals surface area contributed by atoms with Crippen molar-refractivity contribution in [3.05, 3.63) is 89.5 Å². The summed E-state index contributed by atoms with van der Waals surface area (Å²) in [6, 6.07) is 25.0. The number of benzene rings is 3. The van der Waals surface area contributed by atoms with E-state index in [1.54, 1.807) is 0 Å². The Morgan fingerprint density at radius 3 is 2.30 bits per heavy atom. The van der Waals surface area contributed by atoms with E-state index in [-0.39, 0.29) is 5.91 Å². The number of amides is 1. The van der Waals surface area contributed by atoms with E-state index in [4.69, 9.17) is 0 Å². The molecule has 1 spiro atoms. The number of para-hydroxylation sites is 2. The molecule has 0 N–H and O–H groups in total. The van der Waals surface area contributed by atoms with Crippen LogP contribution in [0.4, 0.5) is 5.69 Å². The number of rotatable bonds is 0. The van der Waals surface area contributed by atoms with Crippen LogP contribution < -0.4 is 4.90 Å². The minimum Gasteiger partial charge on any atom is -0.343 e. The highest BCUT2D eigenvalue weighted by molar-refractivity contribution is 6.19. The lowest BCUT2D eigenvalue weighted by atomic mass is 9.73. The van der Waals surface area contributed by atoms with Crippen molar-refractivity contribution in [1.29, 1.82) is 0 Å². The molecule has 0 saturated carbocycles. The fraction of sp³-hybridized carbons (Fsp3) is 0.125. The first-order chi connectivity index (χ1) is 13.2. The quantitative estimate of drug-likeness (QED) is 0.459. The van der Waals surface area contributed by atoms with Crippen LogP contribution in [0.3, 0.4) is 0 Å². The lowest BCUT2D eigenvalue weighted by Crippen LogP contribution is -2.39. The first kappa shape index (κ1) is 14.8. The van der Waals surface area contributed by atoms with Crippen molar-refractivity contribution in [2.75, 3.05) is 11.9 Å². The molecule has 2 aliphatic rings. The molecule has 3 aromatic carbocycles. The van der Waals surface area contributed by atoms with Gasteiger partial charge in [0.25, 0.3) is 0 Å². The van der Waals surface area contributed by atoms with Crippen LogP contribution in [0.2, 0.25) is 0 Å². The Morgan fingerprint density at radius 1 is 0.778 bits per heavy atom. The summed E-state index contributed by atoms with van der Waals surface area (Å²) >= 11 is 0.